The van der Waals surface area contributed by atoms with Gasteiger partial charge in [0, 0.05) is 43.3 Å². The van der Waals surface area contributed by atoms with Gasteiger partial charge < -0.3 is 5.73 Å². The zero-order chi connectivity index (χ0) is 23.3. The summed E-state index contributed by atoms with van der Waals surface area (Å²) in [5, 5.41) is 2.52. The molecule has 2 N–H and O–H groups in total. The third-order valence-electron chi connectivity index (χ3n) is 7.45. The van der Waals surface area contributed by atoms with Crippen LogP contribution in [0.15, 0.2) is 66.7 Å². The van der Waals surface area contributed by atoms with Gasteiger partial charge in [-0.25, -0.2) is 0 Å². The maximum absolute atomic E-state index is 11.4. The number of primary amides is 1. The van der Waals surface area contributed by atoms with E-state index in [1.165, 1.54) is 48.4 Å². The van der Waals surface area contributed by atoms with E-state index in [1.807, 2.05) is 12.1 Å². The Labute approximate surface area is 202 Å². The van der Waals surface area contributed by atoms with Gasteiger partial charge in [0.25, 0.3) is 0 Å². The first-order valence-corrected chi connectivity index (χ1v) is 12.6. The molecule has 1 unspecified atom stereocenters. The maximum Gasteiger partial charge on any atom is 0.248 e. The average Bonchev–Trinajstić information content (AvgIpc) is 2.90. The van der Waals surface area contributed by atoms with Crippen molar-refractivity contribution in [3.63, 3.8) is 0 Å². The van der Waals surface area contributed by atoms with Crippen LogP contribution in [0.1, 0.15) is 59.6 Å². The summed E-state index contributed by atoms with van der Waals surface area (Å²) in [6, 6.07) is 23.2. The Hall–Kier alpha value is -3.13. The molecule has 0 bridgehead atoms. The molecule has 1 aliphatic heterocycles. The van der Waals surface area contributed by atoms with Crippen molar-refractivity contribution in [2.45, 2.75) is 44.2 Å². The van der Waals surface area contributed by atoms with Crippen molar-refractivity contribution in [3.8, 4) is 11.8 Å². The third-order valence-corrected chi connectivity index (χ3v) is 7.45. The van der Waals surface area contributed by atoms with Crippen LogP contribution in [0.25, 0.3) is 10.8 Å². The molecule has 4 heteroatoms. The Balaban J connectivity index is 1.43. The molecule has 34 heavy (non-hydrogen) atoms. The fourth-order valence-electron chi connectivity index (χ4n) is 5.53. The minimum Gasteiger partial charge on any atom is -0.366 e. The van der Waals surface area contributed by atoms with Gasteiger partial charge in [-0.3, -0.25) is 14.6 Å². The molecule has 1 aliphatic carbocycles. The second kappa shape index (κ2) is 10.4. The van der Waals surface area contributed by atoms with Crippen LogP contribution < -0.4 is 5.73 Å². The van der Waals surface area contributed by atoms with Gasteiger partial charge in [0.1, 0.15) is 0 Å². The van der Waals surface area contributed by atoms with Crippen molar-refractivity contribution in [2.75, 3.05) is 26.2 Å². The van der Waals surface area contributed by atoms with Crippen LogP contribution in [0.5, 0.6) is 0 Å². The second-order valence-corrected chi connectivity index (χ2v) is 9.55. The van der Waals surface area contributed by atoms with Crippen LogP contribution in [-0.4, -0.2) is 47.9 Å². The Kier molecular flexibility index (Phi) is 6.94. The summed E-state index contributed by atoms with van der Waals surface area (Å²) >= 11 is 0. The van der Waals surface area contributed by atoms with E-state index in [0.717, 1.165) is 37.8 Å². The first-order valence-electron chi connectivity index (χ1n) is 12.6. The molecular formula is C30H33N3O. The number of piperazine rings is 1. The molecule has 1 saturated carbocycles. The number of amides is 1. The molecule has 1 atom stereocenters. The average molecular weight is 452 g/mol. The summed E-state index contributed by atoms with van der Waals surface area (Å²) in [7, 11) is 0. The number of hydrogen-bond acceptors (Lipinski definition) is 3. The lowest BCUT2D eigenvalue weighted by molar-refractivity contribution is 0.0682. The highest BCUT2D eigenvalue weighted by Crippen LogP contribution is 2.30. The van der Waals surface area contributed by atoms with E-state index >= 15 is 0 Å². The number of benzene rings is 3. The van der Waals surface area contributed by atoms with E-state index in [4.69, 9.17) is 5.73 Å². The molecule has 1 amide bonds. The van der Waals surface area contributed by atoms with Crippen LogP contribution in [-0.2, 0) is 0 Å². The molecular weight excluding hydrogens is 418 g/mol. The number of hydrogen-bond donors (Lipinski definition) is 1. The molecule has 3 aromatic rings. The number of rotatable bonds is 4. The van der Waals surface area contributed by atoms with Crippen molar-refractivity contribution in [2.24, 2.45) is 5.73 Å². The van der Waals surface area contributed by atoms with Crippen molar-refractivity contribution >= 4 is 16.7 Å². The van der Waals surface area contributed by atoms with Gasteiger partial charge in [-0.05, 0) is 53.4 Å². The maximum atomic E-state index is 11.4. The fraction of sp³-hybridized carbons (Fsp3) is 0.367. The minimum atomic E-state index is -0.413. The summed E-state index contributed by atoms with van der Waals surface area (Å²) in [4.78, 5) is 16.7. The zero-order valence-corrected chi connectivity index (χ0v) is 19.7. The van der Waals surface area contributed by atoms with Crippen LogP contribution in [0, 0.1) is 11.8 Å². The van der Waals surface area contributed by atoms with E-state index in [-0.39, 0.29) is 6.04 Å². The Morgan fingerprint density at radius 3 is 2.29 bits per heavy atom. The molecule has 5 rings (SSSR count). The SMILES string of the molecule is NC(=O)c1ccc(C#CC(c2cccc3ccccc23)N2CCN(C3CCCCC3)CC2)cc1. The van der Waals surface area contributed by atoms with Gasteiger partial charge in [0.15, 0.2) is 0 Å². The number of carbonyl (C=O) groups excluding carboxylic acids is 1. The summed E-state index contributed by atoms with van der Waals surface area (Å²) < 4.78 is 0. The topological polar surface area (TPSA) is 49.6 Å². The Morgan fingerprint density at radius 1 is 0.853 bits per heavy atom. The van der Waals surface area contributed by atoms with Crippen molar-refractivity contribution in [3.05, 3.63) is 83.4 Å². The summed E-state index contributed by atoms with van der Waals surface area (Å²) in [5.74, 6) is 6.57. The number of fused-ring (bicyclic) bond motifs is 1. The molecule has 2 aliphatic rings. The van der Waals surface area contributed by atoms with E-state index < -0.39 is 5.91 Å². The molecule has 1 heterocycles. The monoisotopic (exact) mass is 451 g/mol. The van der Waals surface area contributed by atoms with Crippen LogP contribution >= 0.6 is 0 Å². The van der Waals surface area contributed by atoms with Crippen LogP contribution in [0.2, 0.25) is 0 Å². The highest BCUT2D eigenvalue weighted by Gasteiger charge is 2.29. The first-order chi connectivity index (χ1) is 16.7. The normalized spacial score (nSPS) is 18.8. The van der Waals surface area contributed by atoms with E-state index in [2.05, 4.69) is 64.1 Å². The largest absolute Gasteiger partial charge is 0.366 e. The minimum absolute atomic E-state index is 0.0235. The summed E-state index contributed by atoms with van der Waals surface area (Å²) in [5.41, 5.74) is 8.07. The van der Waals surface area contributed by atoms with Gasteiger partial charge in [0.05, 0.1) is 6.04 Å². The summed E-state index contributed by atoms with van der Waals surface area (Å²) in [6.45, 7) is 4.28. The third kappa shape index (κ3) is 5.01. The molecule has 174 valence electrons. The van der Waals surface area contributed by atoms with Gasteiger partial charge in [-0.2, -0.15) is 0 Å². The van der Waals surface area contributed by atoms with Gasteiger partial charge in [-0.15, -0.1) is 0 Å². The van der Waals surface area contributed by atoms with Crippen LogP contribution in [0.3, 0.4) is 0 Å². The Morgan fingerprint density at radius 2 is 1.56 bits per heavy atom. The fourth-order valence-corrected chi connectivity index (χ4v) is 5.53. The van der Waals surface area contributed by atoms with Crippen molar-refractivity contribution in [1.29, 1.82) is 0 Å². The summed E-state index contributed by atoms with van der Waals surface area (Å²) in [6.07, 6.45) is 6.87. The number of carbonyl (C=O) groups is 1. The van der Waals surface area contributed by atoms with Crippen molar-refractivity contribution in [1.82, 2.24) is 9.80 Å². The van der Waals surface area contributed by atoms with Crippen LogP contribution in [0.4, 0.5) is 0 Å². The van der Waals surface area contributed by atoms with Gasteiger partial charge in [-0.1, -0.05) is 73.6 Å². The lowest BCUT2D eigenvalue weighted by atomic mass is 9.93. The lowest BCUT2D eigenvalue weighted by Crippen LogP contribution is -2.51. The second-order valence-electron chi connectivity index (χ2n) is 9.55. The highest BCUT2D eigenvalue weighted by molar-refractivity contribution is 5.92. The highest BCUT2D eigenvalue weighted by atomic mass is 16.1. The van der Waals surface area contributed by atoms with E-state index in [9.17, 15) is 4.79 Å². The molecule has 3 aromatic carbocycles. The molecule has 0 radical (unpaired) electrons. The molecule has 1 saturated heterocycles. The van der Waals surface area contributed by atoms with Gasteiger partial charge >= 0.3 is 0 Å². The van der Waals surface area contributed by atoms with Gasteiger partial charge in [0.2, 0.25) is 5.91 Å². The quantitative estimate of drug-likeness (QED) is 0.569. The molecule has 0 spiro atoms. The van der Waals surface area contributed by atoms with E-state index in [0.29, 0.717) is 5.56 Å². The smallest absolute Gasteiger partial charge is 0.248 e. The number of nitrogens with zero attached hydrogens (tertiary/aromatic N) is 2. The molecule has 2 fully saturated rings. The Bertz CT molecular complexity index is 1190. The van der Waals surface area contributed by atoms with E-state index in [1.54, 1.807) is 12.1 Å². The predicted molar refractivity (Wildman–Crippen MR) is 139 cm³/mol. The molecule has 4 nitrogen and oxygen atoms in total. The predicted octanol–water partition coefficient (Wildman–Crippen LogP) is 4.98. The molecule has 0 aromatic heterocycles. The lowest BCUT2D eigenvalue weighted by Gasteiger charge is -2.42. The first kappa shape index (κ1) is 22.7. The standard InChI is InChI=1S/C30H33N3O/c31-30(34)25-16-13-23(14-17-25)15-18-29(28-12-6-8-24-7-4-5-11-27(24)28)33-21-19-32(20-22-33)26-9-2-1-3-10-26/h4-8,11-14,16-17,26,29H,1-3,9-10,19-22H2,(H2,31,34). The number of nitrogens with two attached hydrogens (primary N) is 1. The zero-order valence-electron chi connectivity index (χ0n) is 19.7. The van der Waals surface area contributed by atoms with Crippen molar-refractivity contribution < 1.29 is 4.79 Å².